The number of ether oxygens (including phenoxy) is 7. The van der Waals surface area contributed by atoms with E-state index >= 15 is 0 Å². The van der Waals surface area contributed by atoms with E-state index in [1.165, 1.54) is 38.8 Å². The maximum Gasteiger partial charge on any atom is 0.413 e. The molecule has 2 fully saturated rings. The quantitative estimate of drug-likeness (QED) is 0.0116. The number of carbonyl (C=O) groups excluding carboxylic acids is 6. The van der Waals surface area contributed by atoms with E-state index in [9.17, 15) is 39.0 Å². The molecule has 2 aliphatic heterocycles. The average molecular weight is 2020 g/mol. The fourth-order valence-corrected chi connectivity index (χ4v) is 16.8. The lowest BCUT2D eigenvalue weighted by molar-refractivity contribution is -0.198. The van der Waals surface area contributed by atoms with E-state index < -0.39 is 87.2 Å². The number of ketones is 3. The predicted molar refractivity (Wildman–Crippen MR) is 559 cm³/mol. The van der Waals surface area contributed by atoms with Crippen molar-refractivity contribution in [2.24, 2.45) is 0 Å². The number of methoxy groups -OCH3 is 2. The van der Waals surface area contributed by atoms with Gasteiger partial charge in [-0.2, -0.15) is 0 Å². The molecular formula is C108H142BrN5O20Si4. The van der Waals surface area contributed by atoms with Crippen LogP contribution in [-0.4, -0.2) is 154 Å². The molecule has 0 spiro atoms. The summed E-state index contributed by atoms with van der Waals surface area (Å²) in [4.78, 5) is 85.9. The van der Waals surface area contributed by atoms with Crippen molar-refractivity contribution >= 4 is 114 Å². The lowest BCUT2D eigenvalue weighted by Crippen LogP contribution is -2.40. The van der Waals surface area contributed by atoms with Gasteiger partial charge in [-0.05, 0) is 219 Å². The molecule has 4 heterocycles. The van der Waals surface area contributed by atoms with Gasteiger partial charge in [0.15, 0.2) is 79.6 Å². The summed E-state index contributed by atoms with van der Waals surface area (Å²) in [6, 6.07) is 58.2. The summed E-state index contributed by atoms with van der Waals surface area (Å²) in [6.45, 7) is 59.1. The third kappa shape index (κ3) is 33.7. The lowest BCUT2D eigenvalue weighted by atomic mass is 10.0. The molecule has 25 nitrogen and oxygen atoms in total. The molecule has 30 heteroatoms. The Hall–Kier alpha value is -10.8. The van der Waals surface area contributed by atoms with E-state index in [4.69, 9.17) is 46.5 Å². The largest absolute Gasteiger partial charge is 0.508 e. The highest BCUT2D eigenvalue weighted by molar-refractivity contribution is 9.10. The second-order valence-corrected chi connectivity index (χ2v) is 61.0. The van der Waals surface area contributed by atoms with Gasteiger partial charge in [0.05, 0.1) is 64.7 Å². The number of phenols is 2. The monoisotopic (exact) mass is 2020 g/mol. The Labute approximate surface area is 828 Å². The molecule has 0 radical (unpaired) electrons. The number of rotatable bonds is 28. The minimum absolute atomic E-state index is 0.0468. The highest BCUT2D eigenvalue weighted by atomic mass is 79.9. The summed E-state index contributed by atoms with van der Waals surface area (Å²) in [6.07, 6.45) is 8.12. The van der Waals surface area contributed by atoms with Gasteiger partial charge in [0.25, 0.3) is 0 Å². The first-order chi connectivity index (χ1) is 64.4. The van der Waals surface area contributed by atoms with Crippen molar-refractivity contribution in [3.63, 3.8) is 0 Å². The fraction of sp³-hybridized carbons (Fsp3) is 0.398. The molecule has 12 rings (SSSR count). The molecule has 138 heavy (non-hydrogen) atoms. The highest BCUT2D eigenvalue weighted by Crippen LogP contribution is 2.46. The molecule has 4 atom stereocenters. The Bertz CT molecular complexity index is 5790. The molecule has 10 aromatic rings. The number of aromatic nitrogens is 4. The maximum atomic E-state index is 13.4. The molecule has 0 saturated carbocycles. The number of aliphatic hydroxyl groups excluding tert-OH is 1. The zero-order chi connectivity index (χ0) is 103. The number of nitrogens with zero attached hydrogens (tertiary/aromatic N) is 4. The number of allylic oxidation sites excluding steroid dienone is 3. The van der Waals surface area contributed by atoms with Crippen molar-refractivity contribution in [1.82, 2.24) is 19.5 Å². The van der Waals surface area contributed by atoms with Gasteiger partial charge in [0.1, 0.15) is 54.1 Å². The number of halogens is 1. The third-order valence-electron chi connectivity index (χ3n) is 24.8. The zero-order valence-electron chi connectivity index (χ0n) is 85.2. The van der Waals surface area contributed by atoms with Crippen molar-refractivity contribution in [3.05, 3.63) is 303 Å². The van der Waals surface area contributed by atoms with Crippen LogP contribution >= 0.6 is 15.9 Å². The van der Waals surface area contributed by atoms with Crippen LogP contribution in [-0.2, 0) is 79.2 Å². The van der Waals surface area contributed by atoms with Gasteiger partial charge in [-0.25, -0.2) is 29.3 Å². The van der Waals surface area contributed by atoms with E-state index in [2.05, 4.69) is 188 Å². The summed E-state index contributed by atoms with van der Waals surface area (Å²) in [5.41, 5.74) is 8.88. The number of aromatic hydroxyl groups is 2. The molecule has 0 aliphatic carbocycles. The molecule has 1 amide bonds. The van der Waals surface area contributed by atoms with Crippen molar-refractivity contribution in [2.45, 2.75) is 259 Å². The van der Waals surface area contributed by atoms with Crippen molar-refractivity contribution < 1.29 is 94.9 Å². The Morgan fingerprint density at radius 2 is 0.877 bits per heavy atom. The van der Waals surface area contributed by atoms with Crippen LogP contribution in [0, 0.1) is 0 Å². The summed E-state index contributed by atoms with van der Waals surface area (Å²) < 4.78 is 67.5. The molecule has 8 aromatic carbocycles. The number of benzene rings is 8. The lowest BCUT2D eigenvalue weighted by Gasteiger charge is -2.36. The molecule has 2 aromatic heterocycles. The second kappa shape index (κ2) is 49.8. The van der Waals surface area contributed by atoms with E-state index in [0.29, 0.717) is 65.8 Å². The maximum absolute atomic E-state index is 13.4. The minimum Gasteiger partial charge on any atom is -0.508 e. The number of fused-ring (bicyclic) bond motifs is 2. The number of phenolic OH excluding ortho intramolecular Hbond substituents is 2. The molecule has 2 aliphatic rings. The van der Waals surface area contributed by atoms with Gasteiger partial charge >= 0.3 is 18.0 Å². The predicted octanol–water partition coefficient (Wildman–Crippen LogP) is 25.6. The zero-order valence-corrected chi connectivity index (χ0v) is 90.8. The van der Waals surface area contributed by atoms with Crippen LogP contribution in [0.5, 0.6) is 17.2 Å². The Morgan fingerprint density at radius 3 is 1.28 bits per heavy atom. The number of esters is 2. The Balaban J connectivity index is 0.000000255. The van der Waals surface area contributed by atoms with E-state index in [0.717, 1.165) is 43.4 Å². The van der Waals surface area contributed by atoms with E-state index in [1.807, 2.05) is 147 Å². The number of anilines is 1. The summed E-state index contributed by atoms with van der Waals surface area (Å²) in [7, 11) is -4.85. The van der Waals surface area contributed by atoms with Crippen LogP contribution in [0.2, 0.25) is 72.5 Å². The number of imidazole rings is 1. The number of amides is 1. The molecule has 4 N–H and O–H groups in total. The van der Waals surface area contributed by atoms with Crippen LogP contribution in [0.15, 0.2) is 236 Å². The van der Waals surface area contributed by atoms with Crippen molar-refractivity contribution in [3.8, 4) is 17.2 Å². The number of nitrogens with one attached hydrogen (secondary N) is 1. The van der Waals surface area contributed by atoms with Gasteiger partial charge in [0.2, 0.25) is 0 Å². The Kier molecular flexibility index (Phi) is 41.2. The number of carbonyl (C=O) groups is 6. The van der Waals surface area contributed by atoms with E-state index in [-0.39, 0.29) is 73.4 Å². The normalized spacial score (nSPS) is 15.5. The topological polar surface area (TPSA) is 320 Å². The minimum atomic E-state index is -1.99. The second-order valence-electron chi connectivity index (χ2n) is 40.8. The van der Waals surface area contributed by atoms with Crippen LogP contribution in [0.1, 0.15) is 215 Å². The van der Waals surface area contributed by atoms with E-state index in [1.54, 1.807) is 105 Å². The highest BCUT2D eigenvalue weighted by Gasteiger charge is 2.57. The smallest absolute Gasteiger partial charge is 0.413 e. The van der Waals surface area contributed by atoms with Gasteiger partial charge in [-0.3, -0.25) is 24.3 Å². The first-order valence-electron chi connectivity index (χ1n) is 45.9. The van der Waals surface area contributed by atoms with Gasteiger partial charge in [-0.15, -0.1) is 0 Å². The molecular weight excluding hydrogens is 1880 g/mol. The van der Waals surface area contributed by atoms with Crippen LogP contribution in [0.25, 0.3) is 23.3 Å². The number of hydrogen-bond donors (Lipinski definition) is 4. The summed E-state index contributed by atoms with van der Waals surface area (Å²) in [5.74, 6) is -0.887. The molecule has 742 valence electrons. The first-order valence-corrected chi connectivity index (χ1v) is 58.3. The average Bonchev–Trinajstić information content (AvgIpc) is 1.58. The van der Waals surface area contributed by atoms with Crippen LogP contribution < -0.4 is 10.1 Å². The standard InChI is InChI=1S/C40H51N5O8Si.C22H28O3Si.C16H24O2Si.C14H24O2Si.C10H10O4.C6H5BrO/c1-38(2,3)53-37(47)44-34-31-35(42-23-41-34)45(24-43-31)36-33-32(51-40(7,8)52-33)30(50-36)22-48-27-16-13-14-25(20-27)18-19-29(46)28-17-12-11-15-26(28)21-49-54(9,10)39(4,5)6;1-22(2,3)26(4,5)25-16-18-10-6-7-12-20(18)21(24)14-13-17-9-8-11-19(23)15-17;1-7-15(17)14-11-9-8-10-13(14)12-18-19(5,6)16(2,3)4;1-14(2,3)17(4,5)16-11-13-9-7-6-8-12(13)10-15;1-13-9(11)7-5-3-4-6-8(7)10(12)14-2;7-5-2-1-3-6(8)4-5/h11-20,23-24,30,32-33,36H,21-22H2,1-10H3,(H,41,42,44,47);6-15,23H,16H2,1-5H3;7-11H,1,12H2,2-6H3;6-9,15H,10-11H2,1-5H3;3-6H,1-2H3;1-4,8H/b19-18+;14-13+;;;;/t30-,32?,33?,36-;;;;;/m1...../s1. The third-order valence-corrected chi connectivity index (χ3v) is 43.2. The molecule has 2 saturated heterocycles. The van der Waals surface area contributed by atoms with Crippen molar-refractivity contribution in [2.75, 3.05) is 26.1 Å². The first kappa shape index (κ1) is 114. The van der Waals surface area contributed by atoms with Gasteiger partial charge in [0, 0.05) is 21.2 Å². The summed E-state index contributed by atoms with van der Waals surface area (Å²) >= 11 is 3.20. The van der Waals surface area contributed by atoms with Crippen LogP contribution in [0.3, 0.4) is 0 Å². The molecule has 2 unspecified atom stereocenters. The fourth-order valence-electron chi connectivity index (χ4n) is 12.6. The van der Waals surface area contributed by atoms with Crippen molar-refractivity contribution in [1.29, 1.82) is 0 Å². The SMILES string of the molecule is C=CC(=O)c1ccccc1CO[Si](C)(C)C(C)(C)C.CC(C)(C)OC(=O)Nc1ncnc2c1ncn2[C@@H]1O[C@H](COc2cccc(/C=C/C(=O)c3ccccc3CO[Si](C)(C)C(C)(C)C)c2)C2OC(C)(C)OC21.CC(C)(C)[Si](C)(C)OCc1ccccc1C(=O)/C=C/c1cccc(O)c1.CC(C)(C)[Si](C)(C)OCc1ccccc1CO.COC(=O)c1ccccc1C(=O)OC.Oc1cccc(Br)c1. The van der Waals surface area contributed by atoms with Gasteiger partial charge in [-0.1, -0.05) is 257 Å². The molecule has 0 bridgehead atoms. The van der Waals surface area contributed by atoms with Gasteiger partial charge < -0.3 is 66.2 Å². The van der Waals surface area contributed by atoms with Crippen LogP contribution in [0.4, 0.5) is 10.6 Å². The number of hydrogen-bond acceptors (Lipinski definition) is 23. The number of aliphatic hydroxyl groups is 1. The summed E-state index contributed by atoms with van der Waals surface area (Å²) in [5, 5.41) is 30.8. The Morgan fingerprint density at radius 1 is 0.486 bits per heavy atom.